The van der Waals surface area contributed by atoms with E-state index in [0.29, 0.717) is 47.5 Å². The Morgan fingerprint density at radius 1 is 1.12 bits per heavy atom. The molecule has 8 rings (SSSR count). The first-order valence-corrected chi connectivity index (χ1v) is 15.8. The Balaban J connectivity index is 1.18. The Hall–Kier alpha value is -3.24. The third-order valence-corrected chi connectivity index (χ3v) is 9.95. The first-order chi connectivity index (χ1) is 21.0. The molecule has 4 aliphatic rings. The normalized spacial score (nSPS) is 25.2. The molecule has 5 heterocycles. The summed E-state index contributed by atoms with van der Waals surface area (Å²) < 4.78 is 28.6. The van der Waals surface area contributed by atoms with Gasteiger partial charge in [0.2, 0.25) is 0 Å². The van der Waals surface area contributed by atoms with Gasteiger partial charge in [-0.2, -0.15) is 9.97 Å². The van der Waals surface area contributed by atoms with Crippen molar-refractivity contribution in [3.8, 4) is 22.9 Å². The van der Waals surface area contributed by atoms with Gasteiger partial charge in [-0.15, -0.1) is 0 Å². The van der Waals surface area contributed by atoms with Crippen LogP contribution in [0.15, 0.2) is 42.5 Å². The van der Waals surface area contributed by atoms with Gasteiger partial charge in [0, 0.05) is 49.2 Å². The van der Waals surface area contributed by atoms with E-state index in [0.717, 1.165) is 75.8 Å². The van der Waals surface area contributed by atoms with Crippen LogP contribution < -0.4 is 15.0 Å². The molecule has 4 fully saturated rings. The van der Waals surface area contributed by atoms with Crippen LogP contribution in [0.4, 0.5) is 10.2 Å². The standard InChI is InChI=1S/C33H35ClFN5O3/c34-28-14-27-31(30(35)29(28)26-13-23(41)11-20-4-1-2-5-25(20)26)37-33(42-9-3-7-39-17-24-12-22(39)18-43-24)38-32(27)40-8-6-19-10-21(16-40)36-15-19/h1-2,4-5,11,13-14,19,21-22,24,36,41H,3,6-10,12,15-18H2/t19?,21?,22-,24-/m0/s1. The van der Waals surface area contributed by atoms with Crippen LogP contribution in [0.3, 0.4) is 0 Å². The van der Waals surface area contributed by atoms with Crippen LogP contribution in [-0.2, 0) is 4.74 Å². The van der Waals surface area contributed by atoms with Crippen LogP contribution in [0.1, 0.15) is 25.7 Å². The zero-order valence-corrected chi connectivity index (χ0v) is 24.7. The fourth-order valence-corrected chi connectivity index (χ4v) is 7.84. The van der Waals surface area contributed by atoms with E-state index in [2.05, 4.69) is 20.1 Å². The van der Waals surface area contributed by atoms with Gasteiger partial charge >= 0.3 is 6.01 Å². The molecule has 0 amide bonds. The summed E-state index contributed by atoms with van der Waals surface area (Å²) >= 11 is 6.88. The van der Waals surface area contributed by atoms with E-state index in [-0.39, 0.29) is 27.9 Å². The lowest BCUT2D eigenvalue weighted by molar-refractivity contribution is 0.0287. The van der Waals surface area contributed by atoms with Gasteiger partial charge in [-0.3, -0.25) is 4.90 Å². The number of fused-ring (bicyclic) bond motifs is 6. The Labute approximate surface area is 254 Å². The minimum atomic E-state index is -0.547. The zero-order chi connectivity index (χ0) is 29.1. The molecule has 8 nitrogen and oxygen atoms in total. The van der Waals surface area contributed by atoms with Crippen LogP contribution in [0.25, 0.3) is 32.8 Å². The molecular weight excluding hydrogens is 569 g/mol. The number of benzene rings is 3. The predicted octanol–water partition coefficient (Wildman–Crippen LogP) is 5.38. The van der Waals surface area contributed by atoms with Crippen LogP contribution in [0.5, 0.6) is 11.8 Å². The Morgan fingerprint density at radius 2 is 2.02 bits per heavy atom. The molecule has 4 aliphatic heterocycles. The maximum atomic E-state index is 16.8. The SMILES string of the molecule is Oc1cc(-c2c(Cl)cc3c(N4CCC5CNC(C5)C4)nc(OCCCN4C[C@@H]5C[C@H]4CO5)nc3c2F)c2ccccc2c1. The van der Waals surface area contributed by atoms with Gasteiger partial charge in [0.25, 0.3) is 0 Å². The van der Waals surface area contributed by atoms with Crippen molar-refractivity contribution < 1.29 is 19.0 Å². The van der Waals surface area contributed by atoms with E-state index in [1.54, 1.807) is 18.2 Å². The third-order valence-electron chi connectivity index (χ3n) is 9.65. The lowest BCUT2D eigenvalue weighted by atomic mass is 9.96. The lowest BCUT2D eigenvalue weighted by Gasteiger charge is -2.28. The summed E-state index contributed by atoms with van der Waals surface area (Å²) in [7, 11) is 0. The Morgan fingerprint density at radius 3 is 2.88 bits per heavy atom. The number of nitrogens with one attached hydrogen (secondary N) is 1. The van der Waals surface area contributed by atoms with Gasteiger partial charge in [0.05, 0.1) is 24.3 Å². The number of hydrogen-bond donors (Lipinski definition) is 2. The summed E-state index contributed by atoms with van der Waals surface area (Å²) in [6.45, 7) is 5.80. The van der Waals surface area contributed by atoms with Crippen LogP contribution in [0, 0.1) is 11.7 Å². The number of rotatable bonds is 7. The number of aromatic hydroxyl groups is 1. The second-order valence-electron chi connectivity index (χ2n) is 12.5. The molecule has 4 atom stereocenters. The van der Waals surface area contributed by atoms with Gasteiger partial charge in [-0.25, -0.2) is 4.39 Å². The number of anilines is 1. The minimum Gasteiger partial charge on any atom is -0.508 e. The van der Waals surface area contributed by atoms with Gasteiger partial charge in [0.1, 0.15) is 17.1 Å². The summed E-state index contributed by atoms with van der Waals surface area (Å²) in [4.78, 5) is 14.2. The second-order valence-corrected chi connectivity index (χ2v) is 12.9. The van der Waals surface area contributed by atoms with Crippen molar-refractivity contribution in [2.45, 2.75) is 43.9 Å². The average Bonchev–Trinajstić information content (AvgIpc) is 3.71. The maximum absolute atomic E-state index is 16.8. The van der Waals surface area contributed by atoms with Crippen LogP contribution in [0.2, 0.25) is 5.02 Å². The van der Waals surface area contributed by atoms with Gasteiger partial charge in [0.15, 0.2) is 5.82 Å². The summed E-state index contributed by atoms with van der Waals surface area (Å²) in [6.07, 6.45) is 4.47. The smallest absolute Gasteiger partial charge is 0.319 e. The van der Waals surface area contributed by atoms with Crippen molar-refractivity contribution in [2.24, 2.45) is 5.92 Å². The number of phenols is 1. The molecular formula is C33H35ClFN5O3. The van der Waals surface area contributed by atoms with Crippen molar-refractivity contribution in [1.29, 1.82) is 0 Å². The van der Waals surface area contributed by atoms with Gasteiger partial charge in [-0.1, -0.05) is 35.9 Å². The molecule has 10 heteroatoms. The van der Waals surface area contributed by atoms with E-state index in [1.165, 1.54) is 0 Å². The summed E-state index contributed by atoms with van der Waals surface area (Å²) in [6, 6.07) is 13.6. The minimum absolute atomic E-state index is 0.0431. The quantitative estimate of drug-likeness (QED) is 0.273. The number of phenolic OH excluding ortho intramolecular Hbond substituents is 1. The number of halogens is 2. The fourth-order valence-electron chi connectivity index (χ4n) is 7.55. The molecule has 0 saturated carbocycles. The van der Waals surface area contributed by atoms with Gasteiger partial charge < -0.3 is 24.8 Å². The van der Waals surface area contributed by atoms with Crippen molar-refractivity contribution in [2.75, 3.05) is 50.8 Å². The van der Waals surface area contributed by atoms with Crippen molar-refractivity contribution in [3.63, 3.8) is 0 Å². The van der Waals surface area contributed by atoms with Gasteiger partial charge in [-0.05, 0) is 72.7 Å². The Kier molecular flexibility index (Phi) is 7.01. The van der Waals surface area contributed by atoms with Crippen molar-refractivity contribution in [3.05, 3.63) is 53.3 Å². The molecule has 4 aromatic rings. The summed E-state index contributed by atoms with van der Waals surface area (Å²) in [5, 5.41) is 16.5. The summed E-state index contributed by atoms with van der Waals surface area (Å²) in [5.41, 5.74) is 0.894. The highest BCUT2D eigenvalue weighted by molar-refractivity contribution is 6.35. The molecule has 3 aromatic carbocycles. The van der Waals surface area contributed by atoms with E-state index in [1.807, 2.05) is 24.3 Å². The number of likely N-dealkylation sites (tertiary alicyclic amines) is 1. The molecule has 2 N–H and O–H groups in total. The summed E-state index contributed by atoms with van der Waals surface area (Å²) in [5.74, 6) is 0.781. The molecule has 4 bridgehead atoms. The third kappa shape index (κ3) is 5.06. The zero-order valence-electron chi connectivity index (χ0n) is 23.9. The number of morpholine rings is 1. The monoisotopic (exact) mass is 603 g/mol. The molecule has 4 saturated heterocycles. The number of aromatic nitrogens is 2. The molecule has 1 aromatic heterocycles. The number of hydrogen-bond acceptors (Lipinski definition) is 8. The highest BCUT2D eigenvalue weighted by atomic mass is 35.5. The maximum Gasteiger partial charge on any atom is 0.319 e. The molecule has 2 unspecified atom stereocenters. The van der Waals surface area contributed by atoms with E-state index >= 15 is 4.39 Å². The molecule has 224 valence electrons. The average molecular weight is 604 g/mol. The molecule has 43 heavy (non-hydrogen) atoms. The first-order valence-electron chi connectivity index (χ1n) is 15.4. The topological polar surface area (TPSA) is 83.0 Å². The second kappa shape index (κ2) is 11.0. The molecule has 0 spiro atoms. The van der Waals surface area contributed by atoms with Crippen molar-refractivity contribution in [1.82, 2.24) is 20.2 Å². The van der Waals surface area contributed by atoms with E-state index in [4.69, 9.17) is 26.1 Å². The highest BCUT2D eigenvalue weighted by Gasteiger charge is 2.38. The van der Waals surface area contributed by atoms with E-state index in [9.17, 15) is 5.11 Å². The predicted molar refractivity (Wildman–Crippen MR) is 166 cm³/mol. The van der Waals surface area contributed by atoms with Crippen LogP contribution >= 0.6 is 11.6 Å². The molecule has 0 radical (unpaired) electrons. The largest absolute Gasteiger partial charge is 0.508 e. The van der Waals surface area contributed by atoms with Crippen LogP contribution in [-0.4, -0.2) is 84.1 Å². The Bertz CT molecular complexity index is 1710. The fraction of sp³-hybridized carbons (Fsp3) is 0.455. The lowest BCUT2D eigenvalue weighted by Crippen LogP contribution is -2.39. The van der Waals surface area contributed by atoms with E-state index < -0.39 is 5.82 Å². The number of nitrogens with zero attached hydrogens (tertiary/aromatic N) is 4. The first kappa shape index (κ1) is 27.3. The number of ether oxygens (including phenoxy) is 2. The highest BCUT2D eigenvalue weighted by Crippen LogP contribution is 2.43. The molecule has 0 aliphatic carbocycles. The van der Waals surface area contributed by atoms with Crippen molar-refractivity contribution >= 4 is 39.1 Å².